The number of nitrogen functional groups attached to an aromatic ring is 1. The summed E-state index contributed by atoms with van der Waals surface area (Å²) in [5, 5.41) is 0. The van der Waals surface area contributed by atoms with Crippen molar-refractivity contribution >= 4 is 17.4 Å². The summed E-state index contributed by atoms with van der Waals surface area (Å²) in [5.41, 5.74) is 5.05. The van der Waals surface area contributed by atoms with Gasteiger partial charge < -0.3 is 20.1 Å². The fourth-order valence-electron chi connectivity index (χ4n) is 3.34. The summed E-state index contributed by atoms with van der Waals surface area (Å²) < 4.78 is 12.4. The number of aromatic nitrogens is 2. The average Bonchev–Trinajstić information content (AvgIpc) is 3.20. The first kappa shape index (κ1) is 23.2. The van der Waals surface area contributed by atoms with E-state index in [4.69, 9.17) is 15.2 Å². The van der Waals surface area contributed by atoms with Crippen LogP contribution in [0.5, 0.6) is 0 Å². The van der Waals surface area contributed by atoms with E-state index >= 15 is 0 Å². The lowest BCUT2D eigenvalue weighted by atomic mass is 10.2. The molecule has 1 amide bonds. The third kappa shape index (κ3) is 6.43. The summed E-state index contributed by atoms with van der Waals surface area (Å²) in [4.78, 5) is 41.2. The lowest BCUT2D eigenvalue weighted by Crippen LogP contribution is -2.42. The van der Waals surface area contributed by atoms with Gasteiger partial charge in [-0.1, -0.05) is 26.7 Å². The molecule has 0 aliphatic carbocycles. The zero-order chi connectivity index (χ0) is 21.2. The molecular weight excluding hydrogens is 376 g/mol. The molecule has 9 nitrogen and oxygen atoms in total. The summed E-state index contributed by atoms with van der Waals surface area (Å²) in [6.45, 7) is 6.23. The van der Waals surface area contributed by atoms with Crippen LogP contribution >= 0.6 is 0 Å². The van der Waals surface area contributed by atoms with Crippen LogP contribution in [0.4, 0.5) is 11.5 Å². The first-order chi connectivity index (χ1) is 14.0. The predicted octanol–water partition coefficient (Wildman–Crippen LogP) is 1.64. The number of nitrogens with one attached hydrogen (secondary N) is 1. The van der Waals surface area contributed by atoms with Gasteiger partial charge in [0.1, 0.15) is 5.82 Å². The number of H-pyrrole nitrogens is 1. The zero-order valence-corrected chi connectivity index (χ0v) is 17.6. The fraction of sp³-hybridized carbons (Fsp3) is 0.750. The maximum absolute atomic E-state index is 12.9. The minimum atomic E-state index is -0.634. The lowest BCUT2D eigenvalue weighted by Gasteiger charge is -2.24. The van der Waals surface area contributed by atoms with E-state index in [9.17, 15) is 14.4 Å². The lowest BCUT2D eigenvalue weighted by molar-refractivity contribution is -0.120. The Bertz CT molecular complexity index is 767. The van der Waals surface area contributed by atoms with Crippen LogP contribution in [0, 0.1) is 0 Å². The van der Waals surface area contributed by atoms with E-state index < -0.39 is 11.2 Å². The summed E-state index contributed by atoms with van der Waals surface area (Å²) in [6.07, 6.45) is 5.43. The van der Waals surface area contributed by atoms with Crippen LogP contribution in [0.2, 0.25) is 0 Å². The minimum absolute atomic E-state index is 0.0388. The van der Waals surface area contributed by atoms with Gasteiger partial charge in [0, 0.05) is 19.7 Å². The van der Waals surface area contributed by atoms with Crippen LogP contribution in [-0.4, -0.2) is 47.9 Å². The van der Waals surface area contributed by atoms with Crippen LogP contribution in [0.15, 0.2) is 9.59 Å². The summed E-state index contributed by atoms with van der Waals surface area (Å²) >= 11 is 0. The molecular formula is C20H34N4O5. The van der Waals surface area contributed by atoms with E-state index in [1.54, 1.807) is 0 Å². The fourth-order valence-corrected chi connectivity index (χ4v) is 3.34. The van der Waals surface area contributed by atoms with E-state index in [0.29, 0.717) is 19.7 Å². The first-order valence-electron chi connectivity index (χ1n) is 10.6. The molecule has 0 spiro atoms. The Morgan fingerprint density at radius 2 is 2.07 bits per heavy atom. The van der Waals surface area contributed by atoms with Crippen molar-refractivity contribution in [1.82, 2.24) is 9.55 Å². The number of aromatic amines is 1. The van der Waals surface area contributed by atoms with Crippen LogP contribution in [0.1, 0.15) is 58.8 Å². The second-order valence-electron chi connectivity index (χ2n) is 7.36. The molecule has 1 aromatic rings. The van der Waals surface area contributed by atoms with Crippen molar-refractivity contribution in [2.75, 3.05) is 37.0 Å². The van der Waals surface area contributed by atoms with Crippen molar-refractivity contribution in [3.05, 3.63) is 20.8 Å². The van der Waals surface area contributed by atoms with E-state index in [0.717, 1.165) is 45.1 Å². The van der Waals surface area contributed by atoms with Crippen molar-refractivity contribution in [2.24, 2.45) is 0 Å². The van der Waals surface area contributed by atoms with E-state index in [2.05, 4.69) is 4.98 Å². The number of rotatable bonds is 12. The maximum Gasteiger partial charge on any atom is 0.330 e. The zero-order valence-electron chi connectivity index (χ0n) is 17.6. The van der Waals surface area contributed by atoms with Crippen molar-refractivity contribution in [2.45, 2.75) is 71.4 Å². The molecule has 0 saturated carbocycles. The molecule has 29 heavy (non-hydrogen) atoms. The standard InChI is InChI=1S/C20H34N4O5/c1-3-5-10-23(16(25)9-13-28-14-15-8-7-12-29-15)17-18(21)24(11-6-4-2)20(27)22-19(17)26/h15H,3-14,21H2,1-2H3,(H,22,26,27). The Morgan fingerprint density at radius 3 is 2.72 bits per heavy atom. The number of hydrogen-bond donors (Lipinski definition) is 2. The second kappa shape index (κ2) is 11.8. The number of carbonyl (C=O) groups excluding carboxylic acids is 1. The Hall–Kier alpha value is -2.13. The van der Waals surface area contributed by atoms with Gasteiger partial charge in [0.15, 0.2) is 5.69 Å². The maximum atomic E-state index is 12.9. The molecule has 1 aliphatic heterocycles. The van der Waals surface area contributed by atoms with E-state index in [-0.39, 0.29) is 36.5 Å². The molecule has 9 heteroatoms. The summed E-state index contributed by atoms with van der Waals surface area (Å²) in [6, 6.07) is 0. The van der Waals surface area contributed by atoms with Crippen LogP contribution < -0.4 is 21.9 Å². The van der Waals surface area contributed by atoms with Gasteiger partial charge in [-0.25, -0.2) is 4.79 Å². The smallest absolute Gasteiger partial charge is 0.330 e. The molecule has 2 heterocycles. The van der Waals surface area contributed by atoms with Crippen LogP contribution in [0.25, 0.3) is 0 Å². The van der Waals surface area contributed by atoms with Crippen molar-refractivity contribution in [1.29, 1.82) is 0 Å². The molecule has 164 valence electrons. The SMILES string of the molecule is CCCCN(C(=O)CCOCC1CCCO1)c1c(N)n(CCCC)c(=O)[nH]c1=O. The Morgan fingerprint density at radius 1 is 1.31 bits per heavy atom. The van der Waals surface area contributed by atoms with Gasteiger partial charge in [-0.15, -0.1) is 0 Å². The highest BCUT2D eigenvalue weighted by molar-refractivity contribution is 5.95. The van der Waals surface area contributed by atoms with Gasteiger partial charge in [-0.3, -0.25) is 19.1 Å². The number of amides is 1. The topological polar surface area (TPSA) is 120 Å². The quantitative estimate of drug-likeness (QED) is 0.506. The highest BCUT2D eigenvalue weighted by Crippen LogP contribution is 2.19. The number of anilines is 2. The summed E-state index contributed by atoms with van der Waals surface area (Å²) in [5.74, 6) is -0.208. The summed E-state index contributed by atoms with van der Waals surface area (Å²) in [7, 11) is 0. The second-order valence-corrected chi connectivity index (χ2v) is 7.36. The molecule has 1 aliphatic rings. The van der Waals surface area contributed by atoms with Gasteiger partial charge in [0.25, 0.3) is 5.56 Å². The Kier molecular flexibility index (Phi) is 9.40. The molecule has 2 rings (SSSR count). The molecule has 1 aromatic heterocycles. The third-order valence-electron chi connectivity index (χ3n) is 5.04. The molecule has 0 aromatic carbocycles. The van der Waals surface area contributed by atoms with Crippen molar-refractivity contribution in [3.8, 4) is 0 Å². The van der Waals surface area contributed by atoms with E-state index in [1.807, 2.05) is 13.8 Å². The molecule has 3 N–H and O–H groups in total. The number of ether oxygens (including phenoxy) is 2. The van der Waals surface area contributed by atoms with Crippen molar-refractivity contribution in [3.63, 3.8) is 0 Å². The Labute approximate surface area is 171 Å². The van der Waals surface area contributed by atoms with Gasteiger partial charge in [-0.2, -0.15) is 0 Å². The molecule has 1 unspecified atom stereocenters. The van der Waals surface area contributed by atoms with Gasteiger partial charge in [0.05, 0.1) is 25.7 Å². The number of carbonyl (C=O) groups is 1. The average molecular weight is 411 g/mol. The van der Waals surface area contributed by atoms with Crippen LogP contribution in [0.3, 0.4) is 0 Å². The highest BCUT2D eigenvalue weighted by atomic mass is 16.5. The van der Waals surface area contributed by atoms with Gasteiger partial charge in [-0.05, 0) is 25.7 Å². The molecule has 0 radical (unpaired) electrons. The highest BCUT2D eigenvalue weighted by Gasteiger charge is 2.24. The Balaban J connectivity index is 2.14. The number of unbranched alkanes of at least 4 members (excludes halogenated alkanes) is 2. The third-order valence-corrected chi connectivity index (χ3v) is 5.04. The number of nitrogens with zero attached hydrogens (tertiary/aromatic N) is 2. The minimum Gasteiger partial charge on any atom is -0.383 e. The molecule has 1 saturated heterocycles. The predicted molar refractivity (Wildman–Crippen MR) is 112 cm³/mol. The number of hydrogen-bond acceptors (Lipinski definition) is 6. The van der Waals surface area contributed by atoms with Gasteiger partial charge >= 0.3 is 5.69 Å². The van der Waals surface area contributed by atoms with Gasteiger partial charge in [0.2, 0.25) is 5.91 Å². The number of nitrogens with two attached hydrogens (primary N) is 1. The normalized spacial score (nSPS) is 16.3. The molecule has 0 bridgehead atoms. The first-order valence-corrected chi connectivity index (χ1v) is 10.6. The van der Waals surface area contributed by atoms with Crippen LogP contribution in [-0.2, 0) is 20.8 Å². The molecule has 1 fully saturated rings. The largest absolute Gasteiger partial charge is 0.383 e. The molecule has 1 atom stereocenters. The van der Waals surface area contributed by atoms with Crippen molar-refractivity contribution < 1.29 is 14.3 Å². The van der Waals surface area contributed by atoms with E-state index in [1.165, 1.54) is 9.47 Å². The monoisotopic (exact) mass is 410 g/mol.